The van der Waals surface area contributed by atoms with Crippen LogP contribution in [0.2, 0.25) is 0 Å². The van der Waals surface area contributed by atoms with Crippen molar-refractivity contribution >= 4 is 44.7 Å². The minimum absolute atomic E-state index is 0.113. The Bertz CT molecular complexity index is 693. The molecule has 0 bridgehead atoms. The first-order valence-electron chi connectivity index (χ1n) is 5.48. The fourth-order valence-corrected chi connectivity index (χ4v) is 2.09. The third-order valence-corrected chi connectivity index (χ3v) is 3.18. The second-order valence-electron chi connectivity index (χ2n) is 3.90. The molecule has 3 N–H and O–H groups in total. The predicted octanol–water partition coefficient (Wildman–Crippen LogP) is 2.87. The smallest absolute Gasteiger partial charge is 0.257 e. The van der Waals surface area contributed by atoms with E-state index in [0.29, 0.717) is 11.3 Å². The van der Waals surface area contributed by atoms with Gasteiger partial charge in [-0.1, -0.05) is 28.1 Å². The summed E-state index contributed by atoms with van der Waals surface area (Å²) in [6.45, 7) is 0. The molecule has 1 aromatic carbocycles. The molecule has 0 saturated heterocycles. The van der Waals surface area contributed by atoms with Crippen LogP contribution in [0.15, 0.2) is 41.1 Å². The van der Waals surface area contributed by atoms with Gasteiger partial charge < -0.3 is 11.1 Å². The maximum absolute atomic E-state index is 13.0. The quantitative estimate of drug-likeness (QED) is 0.832. The molecule has 0 unspecified atom stereocenters. The maximum atomic E-state index is 13.0. The van der Waals surface area contributed by atoms with Crippen LogP contribution in [0.5, 0.6) is 0 Å². The number of pyridine rings is 1. The van der Waals surface area contributed by atoms with Crippen LogP contribution in [0, 0.1) is 5.82 Å². The number of hydrogen-bond acceptors (Lipinski definition) is 3. The number of hydrogen-bond donors (Lipinski definition) is 2. The van der Waals surface area contributed by atoms with Crippen LogP contribution in [0.4, 0.5) is 10.1 Å². The van der Waals surface area contributed by atoms with E-state index in [-0.39, 0.29) is 10.6 Å². The number of nitrogens with two attached hydrogens (primary N) is 1. The molecule has 4 nitrogen and oxygen atoms in total. The van der Waals surface area contributed by atoms with E-state index in [9.17, 15) is 9.18 Å². The Kier molecular flexibility index (Phi) is 4.41. The molecular formula is C13H9BrFN3OS. The fraction of sp³-hybridized carbons (Fsp3) is 0. The molecule has 7 heteroatoms. The number of thiocarbonyl (C=S) groups is 1. The Hall–Kier alpha value is -1.86. The highest BCUT2D eigenvalue weighted by Gasteiger charge is 2.12. The van der Waals surface area contributed by atoms with E-state index in [0.717, 1.165) is 16.7 Å². The minimum atomic E-state index is -0.581. The van der Waals surface area contributed by atoms with Crippen molar-refractivity contribution in [3.8, 4) is 0 Å². The number of benzene rings is 1. The summed E-state index contributed by atoms with van der Waals surface area (Å²) in [5.41, 5.74) is 6.70. The van der Waals surface area contributed by atoms with Crippen molar-refractivity contribution in [1.82, 2.24) is 4.98 Å². The van der Waals surface area contributed by atoms with Gasteiger partial charge in [-0.15, -0.1) is 0 Å². The lowest BCUT2D eigenvalue weighted by atomic mass is 10.1. The van der Waals surface area contributed by atoms with Crippen molar-refractivity contribution in [2.24, 2.45) is 5.73 Å². The highest BCUT2D eigenvalue weighted by molar-refractivity contribution is 9.10. The summed E-state index contributed by atoms with van der Waals surface area (Å²) in [4.78, 5) is 15.8. The highest BCUT2D eigenvalue weighted by Crippen LogP contribution is 2.21. The first-order chi connectivity index (χ1) is 9.47. The van der Waals surface area contributed by atoms with Gasteiger partial charge >= 0.3 is 0 Å². The standard InChI is InChI=1S/C13H9BrFN3OS/c14-8-1-2-11(10(4-8)12(16)20)18-13(19)7-3-9(15)6-17-5-7/h1-6H,(H2,16,20)(H,18,19). The predicted molar refractivity (Wildman–Crippen MR) is 82.2 cm³/mol. The first-order valence-corrected chi connectivity index (χ1v) is 6.69. The summed E-state index contributed by atoms with van der Waals surface area (Å²) in [5, 5.41) is 2.63. The largest absolute Gasteiger partial charge is 0.389 e. The molecule has 0 radical (unpaired) electrons. The lowest BCUT2D eigenvalue weighted by Crippen LogP contribution is -2.18. The molecule has 2 rings (SSSR count). The molecule has 2 aromatic rings. The molecule has 102 valence electrons. The van der Waals surface area contributed by atoms with Crippen molar-refractivity contribution in [2.45, 2.75) is 0 Å². The van der Waals surface area contributed by atoms with E-state index in [1.54, 1.807) is 18.2 Å². The number of nitrogens with zero attached hydrogens (tertiary/aromatic N) is 1. The van der Waals surface area contributed by atoms with Crippen molar-refractivity contribution in [2.75, 3.05) is 5.32 Å². The van der Waals surface area contributed by atoms with Crippen molar-refractivity contribution in [1.29, 1.82) is 0 Å². The van der Waals surface area contributed by atoms with Crippen LogP contribution in [0.1, 0.15) is 15.9 Å². The average molecular weight is 354 g/mol. The van der Waals surface area contributed by atoms with Crippen molar-refractivity contribution < 1.29 is 9.18 Å². The molecule has 1 amide bonds. The van der Waals surface area contributed by atoms with Gasteiger partial charge in [0.2, 0.25) is 0 Å². The van der Waals surface area contributed by atoms with Crippen LogP contribution >= 0.6 is 28.1 Å². The summed E-state index contributed by atoms with van der Waals surface area (Å²) in [5.74, 6) is -1.07. The van der Waals surface area contributed by atoms with Gasteiger partial charge in [0.25, 0.3) is 5.91 Å². The summed E-state index contributed by atoms with van der Waals surface area (Å²) in [6.07, 6.45) is 2.30. The van der Waals surface area contributed by atoms with Crippen LogP contribution in [-0.2, 0) is 0 Å². The maximum Gasteiger partial charge on any atom is 0.257 e. The number of amides is 1. The zero-order valence-corrected chi connectivity index (χ0v) is 12.5. The van der Waals surface area contributed by atoms with Crippen LogP contribution in [0.3, 0.4) is 0 Å². The molecule has 1 aromatic heterocycles. The number of halogens is 2. The Morgan fingerprint density at radius 3 is 2.75 bits per heavy atom. The van der Waals surface area contributed by atoms with E-state index in [1.807, 2.05) is 0 Å². The van der Waals surface area contributed by atoms with Crippen molar-refractivity contribution in [3.63, 3.8) is 0 Å². The number of anilines is 1. The minimum Gasteiger partial charge on any atom is -0.389 e. The Labute approximate surface area is 128 Å². The molecular weight excluding hydrogens is 345 g/mol. The SMILES string of the molecule is NC(=S)c1cc(Br)ccc1NC(=O)c1cncc(F)c1. The van der Waals surface area contributed by atoms with Gasteiger partial charge in [-0.2, -0.15) is 0 Å². The summed E-state index contributed by atoms with van der Waals surface area (Å²) in [6, 6.07) is 6.19. The second-order valence-corrected chi connectivity index (χ2v) is 5.26. The monoisotopic (exact) mass is 353 g/mol. The molecule has 0 aliphatic carbocycles. The van der Waals surface area contributed by atoms with E-state index < -0.39 is 11.7 Å². The van der Waals surface area contributed by atoms with Gasteiger partial charge in [-0.05, 0) is 24.3 Å². The number of rotatable bonds is 3. The molecule has 20 heavy (non-hydrogen) atoms. The van der Waals surface area contributed by atoms with Crippen LogP contribution in [0.25, 0.3) is 0 Å². The van der Waals surface area contributed by atoms with Gasteiger partial charge in [-0.25, -0.2) is 4.39 Å². The molecule has 0 aliphatic rings. The van der Waals surface area contributed by atoms with Crippen LogP contribution in [-0.4, -0.2) is 15.9 Å². The van der Waals surface area contributed by atoms with Gasteiger partial charge in [0.1, 0.15) is 10.8 Å². The van der Waals surface area contributed by atoms with E-state index >= 15 is 0 Å². The number of nitrogens with one attached hydrogen (secondary N) is 1. The fourth-order valence-electron chi connectivity index (χ4n) is 1.56. The van der Waals surface area contributed by atoms with Gasteiger partial charge in [-0.3, -0.25) is 9.78 Å². The molecule has 0 spiro atoms. The normalized spacial score (nSPS) is 10.1. The van der Waals surface area contributed by atoms with Gasteiger partial charge in [0.15, 0.2) is 0 Å². The molecule has 0 atom stereocenters. The summed E-state index contributed by atoms with van der Waals surface area (Å²) >= 11 is 8.23. The molecule has 0 fully saturated rings. The number of carbonyl (C=O) groups is 1. The lowest BCUT2D eigenvalue weighted by molar-refractivity contribution is 0.102. The zero-order chi connectivity index (χ0) is 14.7. The van der Waals surface area contributed by atoms with E-state index in [2.05, 4.69) is 26.2 Å². The van der Waals surface area contributed by atoms with E-state index in [4.69, 9.17) is 18.0 Å². The van der Waals surface area contributed by atoms with Crippen LogP contribution < -0.4 is 11.1 Å². The Morgan fingerprint density at radius 1 is 1.35 bits per heavy atom. The molecule has 0 saturated carbocycles. The molecule has 0 aliphatic heterocycles. The topological polar surface area (TPSA) is 68.0 Å². The summed E-state index contributed by atoms with van der Waals surface area (Å²) < 4.78 is 13.8. The summed E-state index contributed by atoms with van der Waals surface area (Å²) in [7, 11) is 0. The van der Waals surface area contributed by atoms with E-state index in [1.165, 1.54) is 6.20 Å². The molecule has 1 heterocycles. The highest BCUT2D eigenvalue weighted by atomic mass is 79.9. The van der Waals surface area contributed by atoms with Crippen molar-refractivity contribution in [3.05, 3.63) is 58.1 Å². The zero-order valence-electron chi connectivity index (χ0n) is 10.1. The third kappa shape index (κ3) is 3.37. The number of carbonyl (C=O) groups excluding carboxylic acids is 1. The van der Waals surface area contributed by atoms with Gasteiger partial charge in [0.05, 0.1) is 17.4 Å². The average Bonchev–Trinajstić information content (AvgIpc) is 2.40. The Morgan fingerprint density at radius 2 is 2.10 bits per heavy atom. The second kappa shape index (κ2) is 6.06. The number of aromatic nitrogens is 1. The third-order valence-electron chi connectivity index (χ3n) is 2.46. The van der Waals surface area contributed by atoms with Gasteiger partial charge in [0, 0.05) is 16.2 Å². The lowest BCUT2D eigenvalue weighted by Gasteiger charge is -2.10. The Balaban J connectivity index is 2.30. The first kappa shape index (κ1) is 14.5.